The van der Waals surface area contributed by atoms with Gasteiger partial charge in [0.05, 0.1) is 0 Å². The summed E-state index contributed by atoms with van der Waals surface area (Å²) in [6.07, 6.45) is 0. The summed E-state index contributed by atoms with van der Waals surface area (Å²) in [5, 5.41) is 10.7. The standard InChI is InChI=1S/C8HBr17O/c9-2(10,3(11,12)4(13,14)8(24,25)26)1(5(15,16)17,6(18,19)20)7(21,22)23/h26H. The largest absolute Gasteiger partial charge is 0.368 e. The van der Waals surface area contributed by atoms with Gasteiger partial charge in [0.2, 0.25) is 3.42 Å². The van der Waals surface area contributed by atoms with Gasteiger partial charge in [-0.1, -0.05) is 239 Å². The third-order valence-electron chi connectivity index (χ3n) is 2.91. The fraction of sp³-hybridized carbons (Fsp3) is 1.00. The minimum atomic E-state index is -1.60. The Morgan fingerprint density at radius 2 is 0.577 bits per heavy atom. The second-order valence-corrected chi connectivity index (χ2v) is 38.5. The lowest BCUT2D eigenvalue weighted by Crippen LogP contribution is -2.71. The first kappa shape index (κ1) is 34.1. The SMILES string of the molecule is OC(Br)(Br)C(Br)(Br)C(Br)(Br)C(Br)(Br)C(C(Br)(Br)Br)(C(Br)(Br)Br)C(Br)(Br)Br. The number of rotatable bonds is 4. The predicted octanol–water partition coefficient (Wildman–Crippen LogP) is 12.4. The predicted molar refractivity (Wildman–Crippen MR) is 176 cm³/mol. The summed E-state index contributed by atoms with van der Waals surface area (Å²) in [5.41, 5.74) is -1.11. The monoisotopic (exact) mass is 1450 g/mol. The van der Waals surface area contributed by atoms with E-state index in [0.717, 1.165) is 0 Å². The van der Waals surface area contributed by atoms with Crippen molar-refractivity contribution in [3.8, 4) is 0 Å². The van der Waals surface area contributed by atoms with Gasteiger partial charge in [-0.2, -0.15) is 0 Å². The van der Waals surface area contributed by atoms with E-state index in [1.54, 1.807) is 0 Å². The summed E-state index contributed by atoms with van der Waals surface area (Å²) in [7, 11) is 0. The molecule has 0 saturated heterocycles. The molecule has 0 heterocycles. The highest BCUT2D eigenvalue weighted by molar-refractivity contribution is 9.42. The summed E-state index contributed by atoms with van der Waals surface area (Å²) in [4.78, 5) is 0. The molecule has 158 valence electrons. The topological polar surface area (TPSA) is 20.2 Å². The molecule has 0 radical (unpaired) electrons. The van der Waals surface area contributed by atoms with Crippen molar-refractivity contribution >= 4 is 271 Å². The van der Waals surface area contributed by atoms with Crippen molar-refractivity contribution in [2.75, 3.05) is 0 Å². The van der Waals surface area contributed by atoms with Crippen molar-refractivity contribution in [2.45, 2.75) is 19.5 Å². The zero-order valence-corrected chi connectivity index (χ0v) is 37.8. The normalized spacial score (nSPS) is 16.8. The van der Waals surface area contributed by atoms with Crippen molar-refractivity contribution < 1.29 is 5.11 Å². The summed E-state index contributed by atoms with van der Waals surface area (Å²) >= 11 is 61.4. The van der Waals surface area contributed by atoms with Crippen molar-refractivity contribution in [2.24, 2.45) is 5.41 Å². The molecule has 0 spiro atoms. The lowest BCUT2D eigenvalue weighted by molar-refractivity contribution is 0.216. The van der Waals surface area contributed by atoms with E-state index in [9.17, 15) is 5.11 Å². The van der Waals surface area contributed by atoms with Crippen LogP contribution in [0.2, 0.25) is 0 Å². The molecule has 0 aromatic heterocycles. The van der Waals surface area contributed by atoms with Crippen molar-refractivity contribution in [1.82, 2.24) is 0 Å². The maximum atomic E-state index is 10.7. The van der Waals surface area contributed by atoms with E-state index < -0.39 is 25.0 Å². The molecule has 0 bridgehead atoms. The Morgan fingerprint density at radius 3 is 0.731 bits per heavy atom. The van der Waals surface area contributed by atoms with E-state index in [0.29, 0.717) is 0 Å². The first-order valence-corrected chi connectivity index (χ1v) is 18.7. The molecule has 0 aromatic carbocycles. The molecule has 26 heavy (non-hydrogen) atoms. The minimum Gasteiger partial charge on any atom is -0.368 e. The average Bonchev–Trinajstić information content (AvgIpc) is 2.19. The second kappa shape index (κ2) is 10.8. The van der Waals surface area contributed by atoms with Crippen molar-refractivity contribution in [3.63, 3.8) is 0 Å². The van der Waals surface area contributed by atoms with E-state index >= 15 is 0 Å². The molecule has 18 heteroatoms. The van der Waals surface area contributed by atoms with Crippen LogP contribution in [-0.4, -0.2) is 24.7 Å². The van der Waals surface area contributed by atoms with Gasteiger partial charge in [0.15, 0.2) is 3.23 Å². The van der Waals surface area contributed by atoms with Gasteiger partial charge in [-0.25, -0.2) is 0 Å². The molecule has 0 atom stereocenters. The molecule has 1 nitrogen and oxygen atoms in total. The fourth-order valence-electron chi connectivity index (χ4n) is 1.64. The van der Waals surface area contributed by atoms with Gasteiger partial charge in [0.25, 0.3) is 0 Å². The van der Waals surface area contributed by atoms with Crippen molar-refractivity contribution in [3.05, 3.63) is 0 Å². The Kier molecular flexibility index (Phi) is 14.2. The first-order valence-electron chi connectivity index (χ1n) is 5.19. The first-order chi connectivity index (χ1) is 10.8. The molecule has 1 N–H and O–H groups in total. The quantitative estimate of drug-likeness (QED) is 0.278. The van der Waals surface area contributed by atoms with Crippen LogP contribution in [0.1, 0.15) is 0 Å². The molecule has 0 aromatic rings. The van der Waals surface area contributed by atoms with Crippen LogP contribution in [0.25, 0.3) is 0 Å². The van der Waals surface area contributed by atoms with Gasteiger partial charge < -0.3 is 5.11 Å². The van der Waals surface area contributed by atoms with Crippen LogP contribution in [0.15, 0.2) is 0 Å². The summed E-state index contributed by atoms with van der Waals surface area (Å²) < 4.78 is -8.19. The molecule has 0 fully saturated rings. The summed E-state index contributed by atoms with van der Waals surface area (Å²) in [5.74, 6) is 0. The van der Waals surface area contributed by atoms with Crippen LogP contribution in [0.3, 0.4) is 0 Å². The summed E-state index contributed by atoms with van der Waals surface area (Å²) in [6, 6.07) is 0. The van der Waals surface area contributed by atoms with E-state index in [1.165, 1.54) is 0 Å². The maximum Gasteiger partial charge on any atom is 0.202 e. The van der Waals surface area contributed by atoms with Crippen LogP contribution in [0, 0.1) is 5.41 Å². The third-order valence-corrected chi connectivity index (χ3v) is 22.9. The fourth-order valence-corrected chi connectivity index (χ4v) is 28.5. The van der Waals surface area contributed by atoms with Gasteiger partial charge in [-0.05, 0) is 31.9 Å². The number of hydrogen-bond donors (Lipinski definition) is 1. The zero-order valence-electron chi connectivity index (χ0n) is 10.9. The van der Waals surface area contributed by atoms with Gasteiger partial charge in [0, 0.05) is 0 Å². The molecule has 0 unspecified atom stereocenters. The van der Waals surface area contributed by atoms with Gasteiger partial charge >= 0.3 is 0 Å². The molecule has 0 aliphatic heterocycles. The van der Waals surface area contributed by atoms with Crippen LogP contribution in [-0.2, 0) is 0 Å². The highest BCUT2D eigenvalue weighted by atomic mass is 80.0. The van der Waals surface area contributed by atoms with Crippen LogP contribution in [0.5, 0.6) is 0 Å². The van der Waals surface area contributed by atoms with E-state index in [-0.39, 0.29) is 0 Å². The second-order valence-electron chi connectivity index (χ2n) is 4.51. The maximum absolute atomic E-state index is 10.7. The Balaban J connectivity index is 7.31. The van der Waals surface area contributed by atoms with E-state index in [4.69, 9.17) is 0 Å². The average molecular weight is 1470 g/mol. The van der Waals surface area contributed by atoms with Gasteiger partial charge in [0.1, 0.15) is 18.3 Å². The molecular weight excluding hydrogens is 1470 g/mol. The molecule has 0 aliphatic rings. The van der Waals surface area contributed by atoms with Crippen LogP contribution >= 0.6 is 271 Å². The molecule has 0 rings (SSSR count). The Bertz CT molecular complexity index is 477. The zero-order chi connectivity index (χ0) is 22.0. The third kappa shape index (κ3) is 6.15. The molecule has 0 amide bonds. The highest BCUT2D eigenvalue weighted by Crippen LogP contribution is 2.83. The van der Waals surface area contributed by atoms with Gasteiger partial charge in [-0.3, -0.25) is 0 Å². The summed E-state index contributed by atoms with van der Waals surface area (Å²) in [6.45, 7) is 0. The Morgan fingerprint density at radius 1 is 0.346 bits per heavy atom. The molecule has 0 saturated carbocycles. The Hall–Kier alpha value is 8.12. The number of hydrogen-bond acceptors (Lipinski definition) is 1. The molecular formula is C8HBr17O. The number of halogens is 17. The Labute approximate surface area is 294 Å². The van der Waals surface area contributed by atoms with Crippen LogP contribution in [0.4, 0.5) is 0 Å². The van der Waals surface area contributed by atoms with Gasteiger partial charge in [-0.15, -0.1) is 0 Å². The smallest absolute Gasteiger partial charge is 0.202 e. The van der Waals surface area contributed by atoms with Crippen molar-refractivity contribution in [1.29, 1.82) is 0 Å². The lowest BCUT2D eigenvalue weighted by Gasteiger charge is -2.62. The van der Waals surface area contributed by atoms with E-state index in [2.05, 4.69) is 271 Å². The van der Waals surface area contributed by atoms with E-state index in [1.807, 2.05) is 0 Å². The number of alkyl halides is 17. The molecule has 0 aliphatic carbocycles. The lowest BCUT2D eigenvalue weighted by atomic mass is 9.88. The van der Waals surface area contributed by atoms with Crippen LogP contribution < -0.4 is 0 Å². The minimum absolute atomic E-state index is 0.986. The highest BCUT2D eigenvalue weighted by Gasteiger charge is 2.82. The number of aliphatic hydroxyl groups is 1.